The van der Waals surface area contributed by atoms with E-state index < -0.39 is 0 Å². The standard InChI is InChI=1S/C4H7Si/c1-3-4(2)5/h2-3H2,1H3. The highest BCUT2D eigenvalue weighted by Gasteiger charge is 1.68. The van der Waals surface area contributed by atoms with Crippen LogP contribution in [0.4, 0.5) is 0 Å². The Morgan fingerprint density at radius 2 is 2.20 bits per heavy atom. The lowest BCUT2D eigenvalue weighted by molar-refractivity contribution is 1.20. The van der Waals surface area contributed by atoms with E-state index in [0.29, 0.717) is 0 Å². The van der Waals surface area contributed by atoms with E-state index in [2.05, 4.69) is 23.7 Å². The Balaban J connectivity index is 2.85. The van der Waals surface area contributed by atoms with Crippen LogP contribution < -0.4 is 0 Å². The van der Waals surface area contributed by atoms with Crippen LogP contribution in [0, 0.1) is 0 Å². The summed E-state index contributed by atoms with van der Waals surface area (Å²) in [5, 5.41) is 1.06. The number of allylic oxidation sites excluding steroid dienone is 1. The second-order valence-corrected chi connectivity index (χ2v) is 1.66. The first-order valence-corrected chi connectivity index (χ1v) is 2.16. The Bertz CT molecular complexity index is 38.9. The fraction of sp³-hybridized carbons (Fsp3) is 0.500. The van der Waals surface area contributed by atoms with Gasteiger partial charge in [0.1, 0.15) is 0 Å². The molecule has 0 aromatic rings. The molecule has 0 spiro atoms. The molecule has 0 saturated heterocycles. The highest BCUT2D eigenvalue weighted by molar-refractivity contribution is 6.21. The van der Waals surface area contributed by atoms with Gasteiger partial charge < -0.3 is 0 Å². The van der Waals surface area contributed by atoms with Crippen molar-refractivity contribution in [2.24, 2.45) is 0 Å². The summed E-state index contributed by atoms with van der Waals surface area (Å²) < 4.78 is 0. The minimum absolute atomic E-state index is 1.02. The molecule has 0 amide bonds. The molecule has 5 heavy (non-hydrogen) atoms. The minimum atomic E-state index is 1.02. The van der Waals surface area contributed by atoms with Gasteiger partial charge in [0.25, 0.3) is 0 Å². The SMILES string of the molecule is C=C([Si])CC. The van der Waals surface area contributed by atoms with Gasteiger partial charge in [-0.1, -0.05) is 12.1 Å². The summed E-state index contributed by atoms with van der Waals surface area (Å²) in [4.78, 5) is 0. The fourth-order valence-corrected chi connectivity index (χ4v) is 0. The molecule has 0 rings (SSSR count). The number of hydrogen-bond donors (Lipinski definition) is 0. The minimum Gasteiger partial charge on any atom is -0.105 e. The molecule has 0 nitrogen and oxygen atoms in total. The highest BCUT2D eigenvalue weighted by Crippen LogP contribution is 1.83. The van der Waals surface area contributed by atoms with Crippen LogP contribution in [0.25, 0.3) is 0 Å². The van der Waals surface area contributed by atoms with Gasteiger partial charge in [-0.25, -0.2) is 0 Å². The van der Waals surface area contributed by atoms with Crippen LogP contribution in [0.5, 0.6) is 0 Å². The third kappa shape index (κ3) is 3.96. The molecule has 0 atom stereocenters. The van der Waals surface area contributed by atoms with Crippen LogP contribution in [0.2, 0.25) is 0 Å². The third-order valence-corrected chi connectivity index (χ3v) is 0.780. The fourth-order valence-electron chi connectivity index (χ4n) is 0. The summed E-state index contributed by atoms with van der Waals surface area (Å²) in [6, 6.07) is 0. The first kappa shape index (κ1) is 4.96. The van der Waals surface area contributed by atoms with Crippen LogP contribution in [-0.2, 0) is 0 Å². The van der Waals surface area contributed by atoms with Gasteiger partial charge in [0.15, 0.2) is 0 Å². The molecule has 0 aromatic carbocycles. The van der Waals surface area contributed by atoms with Crippen LogP contribution in [0.1, 0.15) is 13.3 Å². The third-order valence-electron chi connectivity index (χ3n) is 0.427. The Kier molecular flexibility index (Phi) is 2.19. The maximum atomic E-state index is 3.59. The van der Waals surface area contributed by atoms with Gasteiger partial charge in [-0.2, -0.15) is 0 Å². The molecule has 0 fully saturated rings. The predicted molar refractivity (Wildman–Crippen MR) is 25.2 cm³/mol. The lowest BCUT2D eigenvalue weighted by atomic mass is 10.5. The summed E-state index contributed by atoms with van der Waals surface area (Å²) in [7, 11) is 3.22. The van der Waals surface area contributed by atoms with E-state index in [0.717, 1.165) is 11.6 Å². The van der Waals surface area contributed by atoms with E-state index >= 15 is 0 Å². The van der Waals surface area contributed by atoms with Gasteiger partial charge in [0.2, 0.25) is 0 Å². The van der Waals surface area contributed by atoms with E-state index in [1.807, 2.05) is 0 Å². The van der Waals surface area contributed by atoms with Crippen molar-refractivity contribution in [2.45, 2.75) is 13.3 Å². The second-order valence-electron chi connectivity index (χ2n) is 0.957. The molecular weight excluding hydrogens is 76.1 g/mol. The van der Waals surface area contributed by atoms with E-state index in [1.165, 1.54) is 0 Å². The molecule has 0 saturated carbocycles. The van der Waals surface area contributed by atoms with Crippen LogP contribution in [0.15, 0.2) is 11.8 Å². The molecule has 0 aliphatic carbocycles. The Morgan fingerprint density at radius 3 is 2.20 bits per heavy atom. The maximum absolute atomic E-state index is 3.59. The smallest absolute Gasteiger partial charge is 0.0642 e. The van der Waals surface area contributed by atoms with Crippen LogP contribution in [0.3, 0.4) is 0 Å². The second kappa shape index (κ2) is 2.21. The molecule has 0 unspecified atom stereocenters. The zero-order valence-corrected chi connectivity index (χ0v) is 4.41. The molecule has 1 heteroatoms. The van der Waals surface area contributed by atoms with E-state index in [4.69, 9.17) is 0 Å². The largest absolute Gasteiger partial charge is 0.105 e. The zero-order chi connectivity index (χ0) is 4.28. The first-order chi connectivity index (χ1) is 2.27. The lowest BCUT2D eigenvalue weighted by Gasteiger charge is -1.79. The van der Waals surface area contributed by atoms with Crippen molar-refractivity contribution < 1.29 is 0 Å². The molecule has 0 N–H and O–H groups in total. The molecule has 27 valence electrons. The average molecular weight is 83.2 g/mol. The molecular formula is C4H7Si. The van der Waals surface area contributed by atoms with E-state index in [-0.39, 0.29) is 0 Å². The van der Waals surface area contributed by atoms with E-state index in [1.54, 1.807) is 0 Å². The normalized spacial score (nSPS) is 7.60. The van der Waals surface area contributed by atoms with Gasteiger partial charge >= 0.3 is 0 Å². The van der Waals surface area contributed by atoms with Gasteiger partial charge in [-0.05, 0) is 6.42 Å². The van der Waals surface area contributed by atoms with Crippen molar-refractivity contribution in [3.05, 3.63) is 11.8 Å². The average Bonchev–Trinajstić information content (AvgIpc) is 1.38. The molecule has 0 aliphatic rings. The number of hydrogen-bond acceptors (Lipinski definition) is 0. The zero-order valence-electron chi connectivity index (χ0n) is 3.41. The molecule has 0 aliphatic heterocycles. The summed E-state index contributed by atoms with van der Waals surface area (Å²) in [5.74, 6) is 0. The summed E-state index contributed by atoms with van der Waals surface area (Å²) in [6.45, 7) is 5.64. The van der Waals surface area contributed by atoms with Gasteiger partial charge in [0, 0.05) is 0 Å². The monoisotopic (exact) mass is 83.0 g/mol. The van der Waals surface area contributed by atoms with Crippen molar-refractivity contribution in [2.75, 3.05) is 0 Å². The summed E-state index contributed by atoms with van der Waals surface area (Å²) in [6.07, 6.45) is 1.02. The maximum Gasteiger partial charge on any atom is 0.0642 e. The van der Waals surface area contributed by atoms with Crippen LogP contribution >= 0.6 is 0 Å². The van der Waals surface area contributed by atoms with Gasteiger partial charge in [-0.3, -0.25) is 0 Å². The molecule has 0 bridgehead atoms. The van der Waals surface area contributed by atoms with Crippen molar-refractivity contribution in [1.82, 2.24) is 0 Å². The Hall–Kier alpha value is -0.0431. The van der Waals surface area contributed by atoms with E-state index in [9.17, 15) is 0 Å². The molecule has 0 heterocycles. The van der Waals surface area contributed by atoms with Crippen LogP contribution in [-0.4, -0.2) is 10.2 Å². The highest BCUT2D eigenvalue weighted by atomic mass is 28.1. The summed E-state index contributed by atoms with van der Waals surface area (Å²) in [5.41, 5.74) is 0. The van der Waals surface area contributed by atoms with Crippen molar-refractivity contribution in [3.63, 3.8) is 0 Å². The predicted octanol–water partition coefficient (Wildman–Crippen LogP) is 1.08. The quantitative estimate of drug-likeness (QED) is 0.416. The lowest BCUT2D eigenvalue weighted by Crippen LogP contribution is -1.68. The Morgan fingerprint density at radius 1 is 2.00 bits per heavy atom. The van der Waals surface area contributed by atoms with Gasteiger partial charge in [0.05, 0.1) is 10.2 Å². The van der Waals surface area contributed by atoms with Crippen molar-refractivity contribution >= 4 is 10.2 Å². The van der Waals surface area contributed by atoms with Gasteiger partial charge in [-0.15, -0.1) is 6.58 Å². The van der Waals surface area contributed by atoms with Crippen molar-refractivity contribution in [3.8, 4) is 0 Å². The number of rotatable bonds is 1. The first-order valence-electron chi connectivity index (χ1n) is 1.66. The van der Waals surface area contributed by atoms with Crippen molar-refractivity contribution in [1.29, 1.82) is 0 Å². The topological polar surface area (TPSA) is 0 Å². The molecule has 0 aromatic heterocycles. The molecule has 3 radical (unpaired) electrons. The summed E-state index contributed by atoms with van der Waals surface area (Å²) >= 11 is 0. The Labute approximate surface area is 36.3 Å².